The van der Waals surface area contributed by atoms with Gasteiger partial charge in [-0.15, -0.1) is 0 Å². The van der Waals surface area contributed by atoms with Crippen molar-refractivity contribution in [3.63, 3.8) is 0 Å². The van der Waals surface area contributed by atoms with Gasteiger partial charge in [-0.2, -0.15) is 11.8 Å². The number of hydrogen-bond donors (Lipinski definition) is 2. The molecule has 2 atom stereocenters. The number of amides is 2. The number of nitrogens with one attached hydrogen (secondary N) is 1. The molecule has 0 radical (unpaired) electrons. The van der Waals surface area contributed by atoms with Crippen LogP contribution >= 0.6 is 11.8 Å². The van der Waals surface area contributed by atoms with Crippen LogP contribution in [0.3, 0.4) is 0 Å². The summed E-state index contributed by atoms with van der Waals surface area (Å²) in [7, 11) is 0. The van der Waals surface area contributed by atoms with E-state index < -0.39 is 12.0 Å². The van der Waals surface area contributed by atoms with E-state index in [1.165, 1.54) is 0 Å². The van der Waals surface area contributed by atoms with E-state index in [1.54, 1.807) is 11.8 Å². The predicted octanol–water partition coefficient (Wildman–Crippen LogP) is 1.39. The minimum absolute atomic E-state index is 0.252. The van der Waals surface area contributed by atoms with Gasteiger partial charge in [0.25, 0.3) is 0 Å². The van der Waals surface area contributed by atoms with Gasteiger partial charge in [0.15, 0.2) is 0 Å². The second-order valence-electron chi connectivity index (χ2n) is 4.10. The van der Waals surface area contributed by atoms with Crippen molar-refractivity contribution in [2.75, 3.05) is 18.8 Å². The fraction of sp³-hybridized carbons (Fsp3) is 0.818. The van der Waals surface area contributed by atoms with Gasteiger partial charge in [0.2, 0.25) is 0 Å². The molecule has 0 bridgehead atoms. The van der Waals surface area contributed by atoms with E-state index in [4.69, 9.17) is 5.11 Å². The van der Waals surface area contributed by atoms with Crippen molar-refractivity contribution in [1.29, 1.82) is 0 Å². The third kappa shape index (κ3) is 4.11. The minimum Gasteiger partial charge on any atom is -0.480 e. The average Bonchev–Trinajstić information content (AvgIpc) is 2.35. The van der Waals surface area contributed by atoms with Gasteiger partial charge >= 0.3 is 12.0 Å². The highest BCUT2D eigenvalue weighted by Crippen LogP contribution is 2.20. The zero-order chi connectivity index (χ0) is 12.8. The predicted molar refractivity (Wildman–Crippen MR) is 68.4 cm³/mol. The number of carboxylic acids is 1. The van der Waals surface area contributed by atoms with Crippen LogP contribution in [-0.2, 0) is 4.79 Å². The van der Waals surface area contributed by atoms with Crippen LogP contribution in [0.15, 0.2) is 0 Å². The van der Waals surface area contributed by atoms with Gasteiger partial charge in [0.05, 0.1) is 0 Å². The van der Waals surface area contributed by atoms with Crippen LogP contribution in [0.4, 0.5) is 4.79 Å². The van der Waals surface area contributed by atoms with E-state index in [9.17, 15) is 9.59 Å². The van der Waals surface area contributed by atoms with Crippen molar-refractivity contribution in [2.45, 2.75) is 38.0 Å². The number of carbonyl (C=O) groups excluding carboxylic acids is 1. The molecule has 2 unspecified atom stereocenters. The number of nitrogens with zero attached hydrogens (tertiary/aromatic N) is 1. The second-order valence-corrected chi connectivity index (χ2v) is 5.50. The third-order valence-corrected chi connectivity index (χ3v) is 4.26. The molecular weight excluding hydrogens is 240 g/mol. The summed E-state index contributed by atoms with van der Waals surface area (Å²) in [6.45, 7) is 5.26. The van der Waals surface area contributed by atoms with E-state index in [0.29, 0.717) is 24.8 Å². The molecule has 2 N–H and O–H groups in total. The maximum Gasteiger partial charge on any atom is 0.326 e. The van der Waals surface area contributed by atoms with Crippen LogP contribution in [-0.4, -0.2) is 52.1 Å². The van der Waals surface area contributed by atoms with E-state index >= 15 is 0 Å². The Balaban J connectivity index is 2.48. The summed E-state index contributed by atoms with van der Waals surface area (Å²) in [5.74, 6) is -0.0465. The number of carboxylic acid groups (broad SMARTS) is 1. The first-order chi connectivity index (χ1) is 8.08. The van der Waals surface area contributed by atoms with Crippen LogP contribution in [0, 0.1) is 0 Å². The highest BCUT2D eigenvalue weighted by atomic mass is 32.2. The molecule has 1 aliphatic rings. The largest absolute Gasteiger partial charge is 0.480 e. The molecule has 0 aliphatic carbocycles. The SMILES string of the molecule is CCC1CN(C(=O)NC(CC)C(=O)O)CCS1. The molecule has 0 saturated carbocycles. The minimum atomic E-state index is -0.973. The number of rotatable bonds is 4. The van der Waals surface area contributed by atoms with Crippen molar-refractivity contribution < 1.29 is 14.7 Å². The van der Waals surface area contributed by atoms with Gasteiger partial charge < -0.3 is 15.3 Å². The van der Waals surface area contributed by atoms with Gasteiger partial charge in [-0.1, -0.05) is 13.8 Å². The molecule has 0 aromatic rings. The molecule has 0 aromatic carbocycles. The maximum atomic E-state index is 11.9. The molecule has 0 aromatic heterocycles. The van der Waals surface area contributed by atoms with Gasteiger partial charge in [0, 0.05) is 24.1 Å². The first-order valence-corrected chi connectivity index (χ1v) is 7.03. The molecule has 5 nitrogen and oxygen atoms in total. The fourth-order valence-electron chi connectivity index (χ4n) is 1.73. The Bertz CT molecular complexity index is 286. The molecule has 1 fully saturated rings. The summed E-state index contributed by atoms with van der Waals surface area (Å²) in [6.07, 6.45) is 1.44. The van der Waals surface area contributed by atoms with Gasteiger partial charge in [-0.05, 0) is 12.8 Å². The van der Waals surface area contributed by atoms with Crippen molar-refractivity contribution in [3.05, 3.63) is 0 Å². The number of urea groups is 1. The Hall–Kier alpha value is -0.910. The molecule has 2 amide bonds. The zero-order valence-electron chi connectivity index (χ0n) is 10.3. The second kappa shape index (κ2) is 6.74. The lowest BCUT2D eigenvalue weighted by Crippen LogP contribution is -2.51. The van der Waals surface area contributed by atoms with Crippen molar-refractivity contribution >= 4 is 23.8 Å². The van der Waals surface area contributed by atoms with E-state index in [1.807, 2.05) is 11.8 Å². The van der Waals surface area contributed by atoms with Crippen molar-refractivity contribution in [1.82, 2.24) is 10.2 Å². The smallest absolute Gasteiger partial charge is 0.326 e. The Morgan fingerprint density at radius 2 is 2.24 bits per heavy atom. The van der Waals surface area contributed by atoms with Crippen LogP contribution in [0.25, 0.3) is 0 Å². The molecule has 1 heterocycles. The maximum absolute atomic E-state index is 11.9. The molecule has 1 rings (SSSR count). The first-order valence-electron chi connectivity index (χ1n) is 5.98. The number of aliphatic carboxylic acids is 1. The molecular formula is C11H20N2O3S. The monoisotopic (exact) mass is 260 g/mol. The van der Waals surface area contributed by atoms with Crippen LogP contribution < -0.4 is 5.32 Å². The summed E-state index contributed by atoms with van der Waals surface area (Å²) in [5, 5.41) is 11.9. The lowest BCUT2D eigenvalue weighted by Gasteiger charge is -2.32. The van der Waals surface area contributed by atoms with Gasteiger partial charge in [-0.3, -0.25) is 0 Å². The summed E-state index contributed by atoms with van der Waals surface area (Å²) >= 11 is 1.88. The molecule has 1 aliphatic heterocycles. The van der Waals surface area contributed by atoms with E-state index in [-0.39, 0.29) is 6.03 Å². The summed E-state index contributed by atoms with van der Waals surface area (Å²) in [6, 6.07) is -1.03. The fourth-order valence-corrected chi connectivity index (χ4v) is 2.91. The van der Waals surface area contributed by atoms with Gasteiger partial charge in [-0.25, -0.2) is 9.59 Å². The highest BCUT2D eigenvalue weighted by molar-refractivity contribution is 8.00. The molecule has 1 saturated heterocycles. The zero-order valence-corrected chi connectivity index (χ0v) is 11.1. The number of thioether (sulfide) groups is 1. The topological polar surface area (TPSA) is 69.6 Å². The lowest BCUT2D eigenvalue weighted by atomic mass is 10.2. The standard InChI is InChI=1S/C11H20N2O3S/c1-3-8-7-13(5-6-17-8)11(16)12-9(4-2)10(14)15/h8-9H,3-7H2,1-2H3,(H,12,16)(H,14,15). The van der Waals surface area contributed by atoms with Crippen LogP contribution in [0.1, 0.15) is 26.7 Å². The summed E-state index contributed by atoms with van der Waals surface area (Å²) in [4.78, 5) is 24.4. The Morgan fingerprint density at radius 3 is 2.76 bits per heavy atom. The molecule has 17 heavy (non-hydrogen) atoms. The van der Waals surface area contributed by atoms with Crippen LogP contribution in [0.2, 0.25) is 0 Å². The van der Waals surface area contributed by atoms with E-state index in [2.05, 4.69) is 12.2 Å². The molecule has 0 spiro atoms. The quantitative estimate of drug-likeness (QED) is 0.801. The summed E-state index contributed by atoms with van der Waals surface area (Å²) < 4.78 is 0. The Morgan fingerprint density at radius 1 is 1.53 bits per heavy atom. The third-order valence-electron chi connectivity index (χ3n) is 2.89. The summed E-state index contributed by atoms with van der Waals surface area (Å²) in [5.41, 5.74) is 0. The Labute approximate surface area is 106 Å². The molecule has 98 valence electrons. The lowest BCUT2D eigenvalue weighted by molar-refractivity contribution is -0.139. The first kappa shape index (κ1) is 14.2. The number of carbonyl (C=O) groups is 2. The Kier molecular flexibility index (Phi) is 5.61. The van der Waals surface area contributed by atoms with Crippen molar-refractivity contribution in [3.8, 4) is 0 Å². The normalized spacial score (nSPS) is 22.0. The number of hydrogen-bond acceptors (Lipinski definition) is 3. The highest BCUT2D eigenvalue weighted by Gasteiger charge is 2.26. The van der Waals surface area contributed by atoms with E-state index in [0.717, 1.165) is 12.2 Å². The van der Waals surface area contributed by atoms with Gasteiger partial charge in [0.1, 0.15) is 6.04 Å². The van der Waals surface area contributed by atoms with Crippen LogP contribution in [0.5, 0.6) is 0 Å². The molecule has 6 heteroatoms. The average molecular weight is 260 g/mol. The van der Waals surface area contributed by atoms with Crippen molar-refractivity contribution in [2.24, 2.45) is 0 Å².